The van der Waals surface area contributed by atoms with Crippen LogP contribution in [0.15, 0.2) is 36.8 Å². The first kappa shape index (κ1) is 17.8. The highest BCUT2D eigenvalue weighted by Gasteiger charge is 2.16. The number of aromatic amines is 1. The summed E-state index contributed by atoms with van der Waals surface area (Å²) in [4.78, 5) is 14.6. The number of nitrogens with zero attached hydrogens (tertiary/aromatic N) is 3. The molecule has 4 rings (SSSR count). The number of pyridine rings is 2. The first-order valence-corrected chi connectivity index (χ1v) is 9.72. The van der Waals surface area contributed by atoms with Gasteiger partial charge in [0.1, 0.15) is 5.82 Å². The Kier molecular flexibility index (Phi) is 5.25. The van der Waals surface area contributed by atoms with Crippen LogP contribution in [0, 0.1) is 12.8 Å². The Hall–Kier alpha value is -2.60. The minimum absolute atomic E-state index is 0.729. The van der Waals surface area contributed by atoms with Crippen LogP contribution in [0.5, 0.6) is 0 Å². The molecule has 1 aliphatic heterocycles. The highest BCUT2D eigenvalue weighted by molar-refractivity contribution is 5.91. The van der Waals surface area contributed by atoms with Crippen molar-refractivity contribution < 1.29 is 0 Å². The number of likely N-dealkylation sites (tertiary alicyclic amines) is 1. The predicted molar refractivity (Wildman–Crippen MR) is 111 cm³/mol. The molecule has 0 aliphatic carbocycles. The summed E-state index contributed by atoms with van der Waals surface area (Å²) in [5.74, 6) is 1.71. The zero-order valence-electron chi connectivity index (χ0n) is 16.1. The Balaban J connectivity index is 1.31. The fourth-order valence-electron chi connectivity index (χ4n) is 3.68. The first-order chi connectivity index (χ1) is 13.2. The quantitative estimate of drug-likeness (QED) is 0.623. The number of aromatic nitrogens is 3. The van der Waals surface area contributed by atoms with Crippen molar-refractivity contribution in [2.45, 2.75) is 26.3 Å². The summed E-state index contributed by atoms with van der Waals surface area (Å²) in [7, 11) is 2.20. The molecule has 3 aromatic rings. The Morgan fingerprint density at radius 2 is 2.00 bits per heavy atom. The van der Waals surface area contributed by atoms with Crippen LogP contribution < -0.4 is 10.6 Å². The maximum Gasteiger partial charge on any atom is 0.125 e. The van der Waals surface area contributed by atoms with E-state index in [9.17, 15) is 0 Å². The Morgan fingerprint density at radius 3 is 2.78 bits per heavy atom. The van der Waals surface area contributed by atoms with Crippen molar-refractivity contribution in [3.63, 3.8) is 0 Å². The van der Waals surface area contributed by atoms with Crippen LogP contribution in [0.1, 0.15) is 24.1 Å². The third-order valence-corrected chi connectivity index (χ3v) is 5.40. The summed E-state index contributed by atoms with van der Waals surface area (Å²) in [5.41, 5.74) is 4.40. The second-order valence-electron chi connectivity index (χ2n) is 7.63. The van der Waals surface area contributed by atoms with Gasteiger partial charge in [-0.3, -0.25) is 4.98 Å². The Labute approximate surface area is 160 Å². The Morgan fingerprint density at radius 1 is 1.15 bits per heavy atom. The molecule has 6 nitrogen and oxygen atoms in total. The summed E-state index contributed by atoms with van der Waals surface area (Å²) in [6.45, 7) is 6.20. The van der Waals surface area contributed by atoms with Crippen molar-refractivity contribution in [1.29, 1.82) is 0 Å². The standard InChI is InChI=1S/C21H28N6/c1-15-9-18-19(13-22-14-20(18)26-15)23-11-17-3-4-21(25-12-17)24-10-16-5-7-27(2)8-6-16/h3-4,9,12-14,16,23,26H,5-8,10-11H2,1-2H3,(H,24,25). The monoisotopic (exact) mass is 364 g/mol. The van der Waals surface area contributed by atoms with E-state index in [-0.39, 0.29) is 0 Å². The van der Waals surface area contributed by atoms with Crippen LogP contribution in [0.4, 0.5) is 11.5 Å². The summed E-state index contributed by atoms with van der Waals surface area (Å²) in [6.07, 6.45) is 8.22. The van der Waals surface area contributed by atoms with Crippen LogP contribution in [0.3, 0.4) is 0 Å². The van der Waals surface area contributed by atoms with Gasteiger partial charge in [-0.25, -0.2) is 4.98 Å². The van der Waals surface area contributed by atoms with Gasteiger partial charge in [-0.1, -0.05) is 6.07 Å². The third-order valence-electron chi connectivity index (χ3n) is 5.40. The van der Waals surface area contributed by atoms with Gasteiger partial charge in [-0.05, 0) is 63.5 Å². The molecule has 1 saturated heterocycles. The molecule has 1 aliphatic rings. The van der Waals surface area contributed by atoms with Gasteiger partial charge in [0.25, 0.3) is 0 Å². The van der Waals surface area contributed by atoms with Gasteiger partial charge in [-0.2, -0.15) is 0 Å². The molecule has 27 heavy (non-hydrogen) atoms. The number of anilines is 2. The molecule has 0 aromatic carbocycles. The van der Waals surface area contributed by atoms with Gasteiger partial charge in [0, 0.05) is 30.4 Å². The minimum atomic E-state index is 0.729. The molecule has 3 N–H and O–H groups in total. The van der Waals surface area contributed by atoms with Gasteiger partial charge < -0.3 is 20.5 Å². The van der Waals surface area contributed by atoms with E-state index in [0.717, 1.165) is 47.3 Å². The molecule has 0 bridgehead atoms. The number of piperidine rings is 1. The highest BCUT2D eigenvalue weighted by atomic mass is 15.1. The van der Waals surface area contributed by atoms with Crippen LogP contribution in [-0.2, 0) is 6.54 Å². The molecule has 1 fully saturated rings. The minimum Gasteiger partial charge on any atom is -0.379 e. The lowest BCUT2D eigenvalue weighted by Gasteiger charge is -2.29. The first-order valence-electron chi connectivity index (χ1n) is 9.72. The molecular formula is C21H28N6. The number of aryl methyl sites for hydroxylation is 1. The molecule has 142 valence electrons. The molecule has 0 unspecified atom stereocenters. The van der Waals surface area contributed by atoms with E-state index < -0.39 is 0 Å². The summed E-state index contributed by atoms with van der Waals surface area (Å²) in [5, 5.41) is 8.14. The molecule has 0 spiro atoms. The zero-order chi connectivity index (χ0) is 18.6. The average Bonchev–Trinajstić information content (AvgIpc) is 3.07. The van der Waals surface area contributed by atoms with Gasteiger partial charge >= 0.3 is 0 Å². The number of nitrogens with one attached hydrogen (secondary N) is 3. The smallest absolute Gasteiger partial charge is 0.125 e. The topological polar surface area (TPSA) is 68.9 Å². The van der Waals surface area contributed by atoms with Crippen LogP contribution in [-0.4, -0.2) is 46.5 Å². The lowest BCUT2D eigenvalue weighted by molar-refractivity contribution is 0.226. The van der Waals surface area contributed by atoms with Crippen LogP contribution in [0.25, 0.3) is 10.9 Å². The normalized spacial score (nSPS) is 15.9. The van der Waals surface area contributed by atoms with Gasteiger partial charge in [0.15, 0.2) is 0 Å². The van der Waals surface area contributed by atoms with Gasteiger partial charge in [-0.15, -0.1) is 0 Å². The molecular weight excluding hydrogens is 336 g/mol. The SMILES string of the molecule is Cc1cc2c(NCc3ccc(NCC4CCN(C)CC4)nc3)cncc2[nH]1. The van der Waals surface area contributed by atoms with Crippen molar-refractivity contribution in [2.75, 3.05) is 37.3 Å². The van der Waals surface area contributed by atoms with E-state index in [1.807, 2.05) is 18.6 Å². The van der Waals surface area contributed by atoms with Gasteiger partial charge in [0.05, 0.1) is 23.6 Å². The van der Waals surface area contributed by atoms with E-state index in [2.05, 4.69) is 62.7 Å². The van der Waals surface area contributed by atoms with Crippen LogP contribution in [0.2, 0.25) is 0 Å². The number of H-pyrrole nitrogens is 1. The lowest BCUT2D eigenvalue weighted by atomic mass is 9.97. The number of fused-ring (bicyclic) bond motifs is 1. The second kappa shape index (κ2) is 7.96. The summed E-state index contributed by atoms with van der Waals surface area (Å²) in [6, 6.07) is 6.35. The fourth-order valence-corrected chi connectivity index (χ4v) is 3.68. The number of hydrogen-bond acceptors (Lipinski definition) is 5. The van der Waals surface area contributed by atoms with E-state index >= 15 is 0 Å². The second-order valence-corrected chi connectivity index (χ2v) is 7.63. The summed E-state index contributed by atoms with van der Waals surface area (Å²) >= 11 is 0. The maximum atomic E-state index is 4.57. The predicted octanol–water partition coefficient (Wildman–Crippen LogP) is 3.63. The molecule has 6 heteroatoms. The molecule has 0 radical (unpaired) electrons. The fraction of sp³-hybridized carbons (Fsp3) is 0.429. The number of rotatable bonds is 6. The van der Waals surface area contributed by atoms with Crippen molar-refractivity contribution in [2.24, 2.45) is 5.92 Å². The lowest BCUT2D eigenvalue weighted by Crippen LogP contribution is -2.33. The van der Waals surface area contributed by atoms with E-state index in [1.165, 1.54) is 31.3 Å². The Bertz CT molecular complexity index is 877. The molecule has 0 saturated carbocycles. The zero-order valence-corrected chi connectivity index (χ0v) is 16.1. The molecule has 4 heterocycles. The van der Waals surface area contributed by atoms with Crippen molar-refractivity contribution in [1.82, 2.24) is 19.9 Å². The van der Waals surface area contributed by atoms with E-state index in [0.29, 0.717) is 0 Å². The average molecular weight is 364 g/mol. The van der Waals surface area contributed by atoms with Gasteiger partial charge in [0.2, 0.25) is 0 Å². The van der Waals surface area contributed by atoms with Crippen molar-refractivity contribution in [3.05, 3.63) is 48.0 Å². The highest BCUT2D eigenvalue weighted by Crippen LogP contribution is 2.23. The van der Waals surface area contributed by atoms with Crippen LogP contribution >= 0.6 is 0 Å². The number of hydrogen-bond donors (Lipinski definition) is 3. The maximum absolute atomic E-state index is 4.57. The molecule has 0 amide bonds. The third kappa shape index (κ3) is 4.39. The molecule has 0 atom stereocenters. The van der Waals surface area contributed by atoms with Crippen molar-refractivity contribution in [3.8, 4) is 0 Å². The van der Waals surface area contributed by atoms with E-state index in [1.54, 1.807) is 0 Å². The molecule has 3 aromatic heterocycles. The largest absolute Gasteiger partial charge is 0.379 e. The summed E-state index contributed by atoms with van der Waals surface area (Å²) < 4.78 is 0. The van der Waals surface area contributed by atoms with E-state index in [4.69, 9.17) is 0 Å². The van der Waals surface area contributed by atoms with Crippen molar-refractivity contribution >= 4 is 22.4 Å².